The van der Waals surface area contributed by atoms with Crippen LogP contribution in [0.15, 0.2) is 59.8 Å². The number of hydrogen-bond donors (Lipinski definition) is 0. The Morgan fingerprint density at radius 1 is 1.05 bits per heavy atom. The number of methoxy groups -OCH3 is 1. The topological polar surface area (TPSA) is 104 Å². The summed E-state index contributed by atoms with van der Waals surface area (Å²) in [4.78, 5) is 18.0. The number of carbonyl (C=O) groups excluding carboxylic acids is 1. The van der Waals surface area contributed by atoms with Gasteiger partial charge in [-0.15, -0.1) is 0 Å². The van der Waals surface area contributed by atoms with Gasteiger partial charge in [-0.3, -0.25) is 9.78 Å². The highest BCUT2D eigenvalue weighted by atomic mass is 35.5. The van der Waals surface area contributed by atoms with E-state index in [0.717, 1.165) is 12.8 Å². The highest BCUT2D eigenvalue weighted by Crippen LogP contribution is 2.54. The number of sulfonamides is 1. The standard InChI is InChI=1S/C30H30Cl2N2O7S/c1-38-25-12-11-20(27-28(25)41-30(40-27)13-5-6-14-30)26(16-21-22(31)17-33-18-23(21)32)39-29(35)24-10-7-15-34(24)42(36,37)19-8-3-2-4-9-19/h2-4,8-9,11-12,17-18,24,26H,5-7,10,13-16H2,1H3/t24-,26?/m0/s1. The number of nitrogens with zero attached hydrogens (tertiary/aromatic N) is 2. The maximum Gasteiger partial charge on any atom is 0.325 e. The average Bonchev–Trinajstić information content (AvgIpc) is 3.75. The molecular formula is C30H30Cl2N2O7S. The first kappa shape index (κ1) is 29.0. The Kier molecular flexibility index (Phi) is 7.99. The molecule has 1 unspecified atom stereocenters. The van der Waals surface area contributed by atoms with Gasteiger partial charge in [0, 0.05) is 43.8 Å². The van der Waals surface area contributed by atoms with E-state index in [1.165, 1.54) is 28.8 Å². The first-order chi connectivity index (χ1) is 20.2. The maximum absolute atomic E-state index is 13.8. The number of benzene rings is 2. The Hall–Kier alpha value is -3.05. The zero-order valence-corrected chi connectivity index (χ0v) is 25.3. The van der Waals surface area contributed by atoms with Gasteiger partial charge in [0.1, 0.15) is 12.1 Å². The summed E-state index contributed by atoms with van der Waals surface area (Å²) in [5.41, 5.74) is 1.08. The number of esters is 1. The zero-order valence-electron chi connectivity index (χ0n) is 22.9. The number of carbonyl (C=O) groups is 1. The van der Waals surface area contributed by atoms with Crippen molar-refractivity contribution in [2.24, 2.45) is 0 Å². The molecule has 3 aromatic rings. The van der Waals surface area contributed by atoms with E-state index in [4.69, 9.17) is 42.1 Å². The van der Waals surface area contributed by atoms with Crippen molar-refractivity contribution in [2.45, 2.75) is 67.8 Å². The summed E-state index contributed by atoms with van der Waals surface area (Å²) >= 11 is 13.0. The SMILES string of the molecule is COc1ccc(C(Cc2c(Cl)cncc2Cl)OC(=O)[C@@H]2CCCN2S(=O)(=O)c2ccccc2)c2c1OC1(CCCC1)O2. The smallest absolute Gasteiger partial charge is 0.325 e. The lowest BCUT2D eigenvalue weighted by molar-refractivity contribution is -0.153. The Labute approximate surface area is 254 Å². The lowest BCUT2D eigenvalue weighted by Gasteiger charge is -2.27. The van der Waals surface area contributed by atoms with Crippen LogP contribution in [0.4, 0.5) is 0 Å². The molecule has 1 aliphatic carbocycles. The molecule has 1 spiro atoms. The predicted octanol–water partition coefficient (Wildman–Crippen LogP) is 6.12. The fraction of sp³-hybridized carbons (Fsp3) is 0.400. The van der Waals surface area contributed by atoms with Gasteiger partial charge in [0.25, 0.3) is 5.79 Å². The molecule has 3 heterocycles. The molecule has 2 aromatic carbocycles. The Morgan fingerprint density at radius 3 is 2.43 bits per heavy atom. The summed E-state index contributed by atoms with van der Waals surface area (Å²) < 4.78 is 52.8. The number of ether oxygens (including phenoxy) is 4. The van der Waals surface area contributed by atoms with Crippen molar-refractivity contribution in [3.05, 3.63) is 76.0 Å². The van der Waals surface area contributed by atoms with Gasteiger partial charge in [-0.1, -0.05) is 41.4 Å². The van der Waals surface area contributed by atoms with Gasteiger partial charge >= 0.3 is 5.97 Å². The van der Waals surface area contributed by atoms with Crippen molar-refractivity contribution in [3.63, 3.8) is 0 Å². The van der Waals surface area contributed by atoms with Gasteiger partial charge < -0.3 is 18.9 Å². The van der Waals surface area contributed by atoms with Crippen LogP contribution < -0.4 is 14.2 Å². The lowest BCUT2D eigenvalue weighted by atomic mass is 10.00. The molecule has 222 valence electrons. The van der Waals surface area contributed by atoms with Gasteiger partial charge in [0.05, 0.1) is 22.1 Å². The Balaban J connectivity index is 1.37. The van der Waals surface area contributed by atoms with Crippen molar-refractivity contribution in [3.8, 4) is 17.2 Å². The highest BCUT2D eigenvalue weighted by molar-refractivity contribution is 7.89. The number of pyridine rings is 1. The first-order valence-electron chi connectivity index (χ1n) is 13.9. The van der Waals surface area contributed by atoms with Gasteiger partial charge in [0.15, 0.2) is 11.5 Å². The minimum absolute atomic E-state index is 0.0964. The fourth-order valence-electron chi connectivity index (χ4n) is 5.93. The molecular weight excluding hydrogens is 603 g/mol. The van der Waals surface area contributed by atoms with Crippen molar-refractivity contribution < 1.29 is 32.2 Å². The molecule has 12 heteroatoms. The van der Waals surface area contributed by atoms with Crippen LogP contribution in [0.1, 0.15) is 55.8 Å². The zero-order chi connectivity index (χ0) is 29.5. The number of fused-ring (bicyclic) bond motifs is 1. The molecule has 0 amide bonds. The predicted molar refractivity (Wildman–Crippen MR) is 156 cm³/mol. The van der Waals surface area contributed by atoms with Crippen LogP contribution in [0.2, 0.25) is 10.0 Å². The Bertz CT molecular complexity index is 1580. The lowest BCUT2D eigenvalue weighted by Crippen LogP contribution is -2.41. The van der Waals surface area contributed by atoms with Crippen LogP contribution in [-0.2, 0) is 26.0 Å². The summed E-state index contributed by atoms with van der Waals surface area (Å²) in [6.45, 7) is 0.209. The van der Waals surface area contributed by atoms with Crippen molar-refractivity contribution in [1.29, 1.82) is 0 Å². The molecule has 1 saturated heterocycles. The molecule has 42 heavy (non-hydrogen) atoms. The molecule has 0 N–H and O–H groups in total. The second-order valence-electron chi connectivity index (χ2n) is 10.6. The molecule has 9 nitrogen and oxygen atoms in total. The molecule has 2 aliphatic heterocycles. The molecule has 0 radical (unpaired) electrons. The van der Waals surface area contributed by atoms with Crippen LogP contribution in [0.3, 0.4) is 0 Å². The second kappa shape index (κ2) is 11.6. The third-order valence-corrected chi connectivity index (χ3v) is 10.6. The van der Waals surface area contributed by atoms with Crippen LogP contribution in [0.25, 0.3) is 0 Å². The number of rotatable bonds is 8. The minimum Gasteiger partial charge on any atom is -0.493 e. The molecule has 2 atom stereocenters. The number of halogens is 2. The Morgan fingerprint density at radius 2 is 1.74 bits per heavy atom. The summed E-state index contributed by atoms with van der Waals surface area (Å²) in [5.74, 6) is -0.108. The molecule has 6 rings (SSSR count). The molecule has 1 saturated carbocycles. The van der Waals surface area contributed by atoms with E-state index in [9.17, 15) is 13.2 Å². The van der Waals surface area contributed by atoms with Crippen LogP contribution in [0, 0.1) is 0 Å². The maximum atomic E-state index is 13.8. The largest absolute Gasteiger partial charge is 0.493 e. The molecule has 1 aromatic heterocycles. The average molecular weight is 634 g/mol. The minimum atomic E-state index is -3.92. The van der Waals surface area contributed by atoms with Crippen LogP contribution in [0.5, 0.6) is 17.2 Å². The van der Waals surface area contributed by atoms with E-state index in [1.807, 2.05) is 0 Å². The third kappa shape index (κ3) is 5.30. The van der Waals surface area contributed by atoms with Gasteiger partial charge in [0.2, 0.25) is 15.8 Å². The number of hydrogen-bond acceptors (Lipinski definition) is 8. The van der Waals surface area contributed by atoms with E-state index in [-0.39, 0.29) is 17.9 Å². The molecule has 3 aliphatic rings. The van der Waals surface area contributed by atoms with Crippen LogP contribution in [-0.4, -0.2) is 49.2 Å². The fourth-order valence-corrected chi connectivity index (χ4v) is 8.12. The van der Waals surface area contributed by atoms with Crippen molar-refractivity contribution >= 4 is 39.2 Å². The van der Waals surface area contributed by atoms with Crippen LogP contribution >= 0.6 is 23.2 Å². The molecule has 2 fully saturated rings. The monoisotopic (exact) mass is 632 g/mol. The second-order valence-corrected chi connectivity index (χ2v) is 13.3. The van der Waals surface area contributed by atoms with Crippen molar-refractivity contribution in [2.75, 3.05) is 13.7 Å². The summed E-state index contributed by atoms with van der Waals surface area (Å²) in [6.07, 6.45) is 6.30. The van der Waals surface area contributed by atoms with Gasteiger partial charge in [-0.05, 0) is 55.5 Å². The summed E-state index contributed by atoms with van der Waals surface area (Å²) in [7, 11) is -2.37. The van der Waals surface area contributed by atoms with E-state index in [1.54, 1.807) is 37.4 Å². The van der Waals surface area contributed by atoms with Gasteiger partial charge in [-0.2, -0.15) is 4.31 Å². The van der Waals surface area contributed by atoms with E-state index >= 15 is 0 Å². The summed E-state index contributed by atoms with van der Waals surface area (Å²) in [6, 6.07) is 10.6. The summed E-state index contributed by atoms with van der Waals surface area (Å²) in [5, 5.41) is 0.625. The number of aromatic nitrogens is 1. The van der Waals surface area contributed by atoms with E-state index < -0.39 is 33.9 Å². The quantitative estimate of drug-likeness (QED) is 0.274. The molecule has 0 bridgehead atoms. The third-order valence-electron chi connectivity index (χ3n) is 8.04. The highest BCUT2D eigenvalue weighted by Gasteiger charge is 2.48. The van der Waals surface area contributed by atoms with E-state index in [0.29, 0.717) is 64.1 Å². The van der Waals surface area contributed by atoms with E-state index in [2.05, 4.69) is 4.98 Å². The normalized spacial score (nSPS) is 20.1. The first-order valence-corrected chi connectivity index (χ1v) is 16.1. The van der Waals surface area contributed by atoms with Crippen molar-refractivity contribution in [1.82, 2.24) is 9.29 Å². The van der Waals surface area contributed by atoms with Gasteiger partial charge in [-0.25, -0.2) is 8.42 Å².